The Morgan fingerprint density at radius 2 is 1.88 bits per heavy atom. The molecule has 0 spiro atoms. The van der Waals surface area contributed by atoms with E-state index in [1.165, 1.54) is 0 Å². The van der Waals surface area contributed by atoms with Crippen molar-refractivity contribution in [1.82, 2.24) is 15.1 Å². The summed E-state index contributed by atoms with van der Waals surface area (Å²) in [7, 11) is 0. The minimum atomic E-state index is -0.255. The van der Waals surface area contributed by atoms with E-state index in [1.807, 2.05) is 6.92 Å². The lowest BCUT2D eigenvalue weighted by atomic mass is 10.1. The van der Waals surface area contributed by atoms with Crippen molar-refractivity contribution in [2.75, 3.05) is 31.6 Å². The molecular weight excluding hydrogens is 308 g/mol. The zero-order chi connectivity index (χ0) is 16.9. The third-order valence-corrected chi connectivity index (χ3v) is 3.95. The van der Waals surface area contributed by atoms with Crippen molar-refractivity contribution in [2.45, 2.75) is 13.3 Å². The number of carbonyl (C=O) groups excluding carboxylic acids is 2. The van der Waals surface area contributed by atoms with E-state index < -0.39 is 0 Å². The Labute approximate surface area is 140 Å². The summed E-state index contributed by atoms with van der Waals surface area (Å²) in [5.41, 5.74) is 2.01. The van der Waals surface area contributed by atoms with E-state index in [4.69, 9.17) is 4.74 Å². The number of hydrogen-bond donors (Lipinski definition) is 2. The van der Waals surface area contributed by atoms with Crippen molar-refractivity contribution >= 4 is 17.6 Å². The number of morpholine rings is 1. The quantitative estimate of drug-likeness (QED) is 0.894. The molecule has 24 heavy (non-hydrogen) atoms. The van der Waals surface area contributed by atoms with Gasteiger partial charge in [-0.05, 0) is 30.7 Å². The van der Waals surface area contributed by atoms with E-state index in [9.17, 15) is 9.59 Å². The van der Waals surface area contributed by atoms with Gasteiger partial charge in [0.2, 0.25) is 0 Å². The van der Waals surface area contributed by atoms with Gasteiger partial charge in [-0.3, -0.25) is 14.7 Å². The van der Waals surface area contributed by atoms with Crippen molar-refractivity contribution in [3.05, 3.63) is 47.2 Å². The molecule has 0 atom stereocenters. The number of amides is 2. The third-order valence-electron chi connectivity index (χ3n) is 3.95. The van der Waals surface area contributed by atoms with E-state index in [0.717, 1.165) is 12.1 Å². The second-order valence-electron chi connectivity index (χ2n) is 5.57. The zero-order valence-electron chi connectivity index (χ0n) is 13.5. The van der Waals surface area contributed by atoms with Crippen LogP contribution in [0.5, 0.6) is 0 Å². The van der Waals surface area contributed by atoms with E-state index in [1.54, 1.807) is 35.2 Å². The second kappa shape index (κ2) is 7.27. The minimum Gasteiger partial charge on any atom is -0.378 e. The van der Waals surface area contributed by atoms with Gasteiger partial charge >= 0.3 is 0 Å². The number of anilines is 1. The minimum absolute atomic E-state index is 0.0369. The Hall–Kier alpha value is -2.67. The number of nitrogens with zero attached hydrogens (tertiary/aromatic N) is 2. The lowest BCUT2D eigenvalue weighted by molar-refractivity contribution is 0.0303. The van der Waals surface area contributed by atoms with Crippen LogP contribution in [-0.4, -0.2) is 53.2 Å². The maximum Gasteiger partial charge on any atom is 0.256 e. The van der Waals surface area contributed by atoms with Crippen LogP contribution in [0.15, 0.2) is 30.3 Å². The largest absolute Gasteiger partial charge is 0.378 e. The fraction of sp³-hybridized carbons (Fsp3) is 0.353. The van der Waals surface area contributed by atoms with Crippen LogP contribution in [-0.2, 0) is 11.2 Å². The number of benzene rings is 1. The lowest BCUT2D eigenvalue weighted by Crippen LogP contribution is -2.40. The molecule has 2 heterocycles. The maximum atomic E-state index is 12.4. The number of aromatic amines is 1. The topological polar surface area (TPSA) is 87.3 Å². The first kappa shape index (κ1) is 16.2. The molecule has 1 aromatic heterocycles. The molecule has 2 N–H and O–H groups in total. The number of carbonyl (C=O) groups is 2. The molecule has 1 aliphatic rings. The molecule has 2 amide bonds. The molecule has 0 unspecified atom stereocenters. The molecule has 1 aromatic carbocycles. The molecule has 1 saturated heterocycles. The highest BCUT2D eigenvalue weighted by Crippen LogP contribution is 2.12. The van der Waals surface area contributed by atoms with Crippen LogP contribution >= 0.6 is 0 Å². The molecule has 1 aliphatic heterocycles. The van der Waals surface area contributed by atoms with Gasteiger partial charge in [-0.25, -0.2) is 0 Å². The first-order valence-electron chi connectivity index (χ1n) is 8.00. The number of nitrogens with one attached hydrogen (secondary N) is 2. The SMILES string of the molecule is CCc1cc(NC(=O)c2ccc(C(=O)N3CCOCC3)cc2)n[nH]1. The van der Waals surface area contributed by atoms with Gasteiger partial charge in [0.15, 0.2) is 5.82 Å². The van der Waals surface area contributed by atoms with Crippen molar-refractivity contribution in [2.24, 2.45) is 0 Å². The number of H-pyrrole nitrogens is 1. The standard InChI is InChI=1S/C17H20N4O3/c1-2-14-11-15(20-19-14)18-16(22)12-3-5-13(6-4-12)17(23)21-7-9-24-10-8-21/h3-6,11H,2,7-10H2,1H3,(H2,18,19,20,22). The van der Waals surface area contributed by atoms with Gasteiger partial charge in [-0.2, -0.15) is 5.10 Å². The van der Waals surface area contributed by atoms with E-state index in [0.29, 0.717) is 43.2 Å². The van der Waals surface area contributed by atoms with Crippen LogP contribution in [0.2, 0.25) is 0 Å². The second-order valence-corrected chi connectivity index (χ2v) is 5.57. The Balaban J connectivity index is 1.64. The Morgan fingerprint density at radius 1 is 1.21 bits per heavy atom. The predicted molar refractivity (Wildman–Crippen MR) is 89.1 cm³/mol. The van der Waals surface area contributed by atoms with Crippen molar-refractivity contribution in [1.29, 1.82) is 0 Å². The van der Waals surface area contributed by atoms with Crippen molar-refractivity contribution in [3.8, 4) is 0 Å². The summed E-state index contributed by atoms with van der Waals surface area (Å²) in [6, 6.07) is 8.45. The molecule has 1 fully saturated rings. The summed E-state index contributed by atoms with van der Waals surface area (Å²) >= 11 is 0. The molecule has 126 valence electrons. The fourth-order valence-corrected chi connectivity index (χ4v) is 2.51. The van der Waals surface area contributed by atoms with Crippen LogP contribution in [0.25, 0.3) is 0 Å². The number of rotatable bonds is 4. The van der Waals surface area contributed by atoms with Crippen LogP contribution in [0.1, 0.15) is 33.3 Å². The number of aryl methyl sites for hydroxylation is 1. The summed E-state index contributed by atoms with van der Waals surface area (Å²) in [5, 5.41) is 9.61. The smallest absolute Gasteiger partial charge is 0.256 e. The van der Waals surface area contributed by atoms with Gasteiger partial charge in [0.25, 0.3) is 11.8 Å². The van der Waals surface area contributed by atoms with Gasteiger partial charge < -0.3 is 15.0 Å². The van der Waals surface area contributed by atoms with Gasteiger partial charge in [0.05, 0.1) is 13.2 Å². The van der Waals surface area contributed by atoms with E-state index in [-0.39, 0.29) is 11.8 Å². The summed E-state index contributed by atoms with van der Waals surface area (Å²) in [5.74, 6) is 0.199. The Kier molecular flexibility index (Phi) is 4.90. The summed E-state index contributed by atoms with van der Waals surface area (Å²) < 4.78 is 5.25. The first-order chi connectivity index (χ1) is 11.7. The summed E-state index contributed by atoms with van der Waals surface area (Å²) in [6.45, 7) is 4.33. The Morgan fingerprint density at radius 3 is 2.50 bits per heavy atom. The average Bonchev–Trinajstić information content (AvgIpc) is 3.09. The summed E-state index contributed by atoms with van der Waals surface area (Å²) in [4.78, 5) is 26.3. The van der Waals surface area contributed by atoms with Crippen molar-refractivity contribution in [3.63, 3.8) is 0 Å². The molecule has 0 radical (unpaired) electrons. The highest BCUT2D eigenvalue weighted by molar-refractivity contribution is 6.04. The van der Waals surface area contributed by atoms with Gasteiger partial charge in [0, 0.05) is 36.0 Å². The van der Waals surface area contributed by atoms with Crippen LogP contribution in [0.3, 0.4) is 0 Å². The molecule has 2 aromatic rings. The first-order valence-corrected chi connectivity index (χ1v) is 8.00. The van der Waals surface area contributed by atoms with Gasteiger partial charge in [-0.15, -0.1) is 0 Å². The van der Waals surface area contributed by atoms with Crippen molar-refractivity contribution < 1.29 is 14.3 Å². The third kappa shape index (κ3) is 3.62. The normalized spacial score (nSPS) is 14.5. The van der Waals surface area contributed by atoms with Crippen LogP contribution in [0.4, 0.5) is 5.82 Å². The van der Waals surface area contributed by atoms with Crippen LogP contribution in [0, 0.1) is 0 Å². The average molecular weight is 328 g/mol. The van der Waals surface area contributed by atoms with Crippen LogP contribution < -0.4 is 5.32 Å². The molecular formula is C17H20N4O3. The highest BCUT2D eigenvalue weighted by Gasteiger charge is 2.18. The zero-order valence-corrected chi connectivity index (χ0v) is 13.5. The number of ether oxygens (including phenoxy) is 1. The maximum absolute atomic E-state index is 12.4. The Bertz CT molecular complexity index is 718. The monoisotopic (exact) mass is 328 g/mol. The van der Waals surface area contributed by atoms with E-state index >= 15 is 0 Å². The number of hydrogen-bond acceptors (Lipinski definition) is 4. The fourth-order valence-electron chi connectivity index (χ4n) is 2.51. The molecule has 0 aliphatic carbocycles. The highest BCUT2D eigenvalue weighted by atomic mass is 16.5. The van der Waals surface area contributed by atoms with Gasteiger partial charge in [-0.1, -0.05) is 6.92 Å². The molecule has 0 bridgehead atoms. The van der Waals surface area contributed by atoms with E-state index in [2.05, 4.69) is 15.5 Å². The predicted octanol–water partition coefficient (Wildman–Crippen LogP) is 1.70. The molecule has 7 nitrogen and oxygen atoms in total. The summed E-state index contributed by atoms with van der Waals surface area (Å²) in [6.07, 6.45) is 0.821. The number of aromatic nitrogens is 2. The lowest BCUT2D eigenvalue weighted by Gasteiger charge is -2.26. The van der Waals surface area contributed by atoms with Gasteiger partial charge in [0.1, 0.15) is 0 Å². The molecule has 3 rings (SSSR count). The molecule has 7 heteroatoms. The molecule has 0 saturated carbocycles.